The highest BCUT2D eigenvalue weighted by Crippen LogP contribution is 2.18. The van der Waals surface area contributed by atoms with Gasteiger partial charge in [-0.25, -0.2) is 4.79 Å². The first-order valence-electron chi connectivity index (χ1n) is 15.4. The molecule has 36 heavy (non-hydrogen) atoms. The lowest BCUT2D eigenvalue weighted by Gasteiger charge is -2.17. The Morgan fingerprint density at radius 2 is 1.11 bits per heavy atom. The van der Waals surface area contributed by atoms with Gasteiger partial charge in [-0.3, -0.25) is 0 Å². The number of ether oxygens (including phenoxy) is 2. The van der Waals surface area contributed by atoms with E-state index in [1.54, 1.807) is 0 Å². The zero-order chi connectivity index (χ0) is 26.4. The lowest BCUT2D eigenvalue weighted by Crippen LogP contribution is -2.19. The Hall–Kier alpha value is -0.770. The number of carbonyl (C=O) groups is 1. The van der Waals surface area contributed by atoms with Gasteiger partial charge in [0, 0.05) is 5.33 Å². The quantitative estimate of drug-likeness (QED) is 0.0426. The van der Waals surface area contributed by atoms with E-state index in [0.717, 1.165) is 43.9 Å². The third kappa shape index (κ3) is 27.8. The second-order valence-corrected chi connectivity index (χ2v) is 11.0. The molecule has 0 aliphatic carbocycles. The summed E-state index contributed by atoms with van der Waals surface area (Å²) in [7, 11) is 0. The van der Waals surface area contributed by atoms with Crippen LogP contribution in [0.2, 0.25) is 0 Å². The van der Waals surface area contributed by atoms with Gasteiger partial charge in [-0.15, -0.1) is 0 Å². The summed E-state index contributed by atoms with van der Waals surface area (Å²) in [6.07, 6.45) is 35.6. The SMILES string of the molecule is CCCCC/C=C\C/C=C\CCCCCCCC(CCCCCCCCCC)OC(=O)OCCCBr. The highest BCUT2D eigenvalue weighted by molar-refractivity contribution is 9.09. The van der Waals surface area contributed by atoms with Crippen LogP contribution in [-0.2, 0) is 9.47 Å². The molecule has 0 aromatic carbocycles. The van der Waals surface area contributed by atoms with Crippen LogP contribution in [0.5, 0.6) is 0 Å². The van der Waals surface area contributed by atoms with Crippen LogP contribution in [0.15, 0.2) is 24.3 Å². The van der Waals surface area contributed by atoms with Crippen LogP contribution in [0, 0.1) is 0 Å². The van der Waals surface area contributed by atoms with E-state index in [0.29, 0.717) is 6.61 Å². The predicted molar refractivity (Wildman–Crippen MR) is 161 cm³/mol. The van der Waals surface area contributed by atoms with Crippen LogP contribution in [0.4, 0.5) is 4.79 Å². The van der Waals surface area contributed by atoms with Crippen molar-refractivity contribution in [2.75, 3.05) is 11.9 Å². The fourth-order valence-electron chi connectivity index (χ4n) is 4.33. The lowest BCUT2D eigenvalue weighted by molar-refractivity contribution is 0.0165. The summed E-state index contributed by atoms with van der Waals surface area (Å²) < 4.78 is 10.9. The molecule has 3 nitrogen and oxygen atoms in total. The third-order valence-corrected chi connectivity index (χ3v) is 7.18. The third-order valence-electron chi connectivity index (χ3n) is 6.62. The first kappa shape index (κ1) is 35.2. The van der Waals surface area contributed by atoms with E-state index in [1.165, 1.54) is 103 Å². The number of unbranched alkanes of at least 4 members (excludes halogenated alkanes) is 15. The van der Waals surface area contributed by atoms with Gasteiger partial charge in [0.05, 0.1) is 6.61 Å². The fraction of sp³-hybridized carbons (Fsp3) is 0.844. The van der Waals surface area contributed by atoms with E-state index >= 15 is 0 Å². The second-order valence-electron chi connectivity index (χ2n) is 10.2. The molecule has 0 N–H and O–H groups in total. The molecule has 0 fully saturated rings. The molecule has 1 atom stereocenters. The minimum absolute atomic E-state index is 0.0134. The van der Waals surface area contributed by atoms with Crippen LogP contribution in [-0.4, -0.2) is 24.2 Å². The normalized spacial score (nSPS) is 12.5. The average molecular weight is 572 g/mol. The average Bonchev–Trinajstić information content (AvgIpc) is 2.87. The smallest absolute Gasteiger partial charge is 0.434 e. The van der Waals surface area contributed by atoms with Gasteiger partial charge in [0.15, 0.2) is 0 Å². The molecule has 0 aliphatic heterocycles. The second kappa shape index (κ2) is 30.5. The van der Waals surface area contributed by atoms with E-state index in [1.807, 2.05) is 0 Å². The maximum atomic E-state index is 12.1. The molecular formula is C32H59BrO3. The summed E-state index contributed by atoms with van der Waals surface area (Å²) in [5, 5.41) is 0.841. The van der Waals surface area contributed by atoms with Crippen LogP contribution >= 0.6 is 15.9 Å². The molecule has 212 valence electrons. The van der Waals surface area contributed by atoms with Gasteiger partial charge >= 0.3 is 6.16 Å². The summed E-state index contributed by atoms with van der Waals surface area (Å²) in [6.45, 7) is 4.94. The van der Waals surface area contributed by atoms with Crippen molar-refractivity contribution in [3.8, 4) is 0 Å². The Balaban J connectivity index is 3.93. The minimum Gasteiger partial charge on any atom is -0.434 e. The van der Waals surface area contributed by atoms with Gasteiger partial charge in [0.1, 0.15) is 6.10 Å². The predicted octanol–water partition coefficient (Wildman–Crippen LogP) is 11.6. The molecule has 0 spiro atoms. The number of carbonyl (C=O) groups excluding carboxylic acids is 1. The first-order valence-corrected chi connectivity index (χ1v) is 16.6. The Bertz CT molecular complexity index is 504. The standard InChI is InChI=1S/C32H59BrO3/c1-3-5-7-9-11-13-14-15-16-17-18-19-21-23-25-28-31(36-32(34)35-30-26-29-33)27-24-22-20-12-10-8-6-4-2/h11,13,15-16,31H,3-10,12,14,17-30H2,1-2H3/b13-11-,16-15-. The van der Waals surface area contributed by atoms with Crippen molar-refractivity contribution in [1.29, 1.82) is 0 Å². The molecule has 0 amide bonds. The largest absolute Gasteiger partial charge is 0.508 e. The maximum absolute atomic E-state index is 12.1. The first-order chi connectivity index (χ1) is 17.7. The molecule has 0 aliphatic rings. The van der Waals surface area contributed by atoms with Gasteiger partial charge in [-0.2, -0.15) is 0 Å². The molecular weight excluding hydrogens is 512 g/mol. The Morgan fingerprint density at radius 3 is 1.67 bits per heavy atom. The molecule has 0 aromatic rings. The van der Waals surface area contributed by atoms with Crippen LogP contribution < -0.4 is 0 Å². The summed E-state index contributed by atoms with van der Waals surface area (Å²) >= 11 is 3.37. The van der Waals surface area contributed by atoms with Crippen LogP contribution in [0.25, 0.3) is 0 Å². The molecule has 0 rings (SSSR count). The highest BCUT2D eigenvalue weighted by atomic mass is 79.9. The monoisotopic (exact) mass is 570 g/mol. The van der Waals surface area contributed by atoms with Crippen molar-refractivity contribution in [3.05, 3.63) is 24.3 Å². The van der Waals surface area contributed by atoms with Crippen LogP contribution in [0.3, 0.4) is 0 Å². The summed E-state index contributed by atoms with van der Waals surface area (Å²) in [6, 6.07) is 0. The minimum atomic E-state index is -0.483. The summed E-state index contributed by atoms with van der Waals surface area (Å²) in [4.78, 5) is 12.1. The molecule has 0 heterocycles. The number of allylic oxidation sites excluding steroid dienone is 4. The highest BCUT2D eigenvalue weighted by Gasteiger charge is 2.15. The van der Waals surface area contributed by atoms with Crippen molar-refractivity contribution < 1.29 is 14.3 Å². The van der Waals surface area contributed by atoms with E-state index in [9.17, 15) is 4.79 Å². The van der Waals surface area contributed by atoms with Gasteiger partial charge in [-0.05, 0) is 64.2 Å². The topological polar surface area (TPSA) is 35.5 Å². The summed E-state index contributed by atoms with van der Waals surface area (Å²) in [5.41, 5.74) is 0. The Labute approximate surface area is 233 Å². The molecule has 1 unspecified atom stereocenters. The number of halogens is 1. The molecule has 0 aromatic heterocycles. The van der Waals surface area contributed by atoms with Crippen molar-refractivity contribution in [3.63, 3.8) is 0 Å². The van der Waals surface area contributed by atoms with Gasteiger partial charge in [-0.1, -0.05) is 131 Å². The van der Waals surface area contributed by atoms with E-state index in [4.69, 9.17) is 9.47 Å². The molecule has 0 saturated carbocycles. The Morgan fingerprint density at radius 1 is 0.639 bits per heavy atom. The van der Waals surface area contributed by atoms with Gasteiger partial charge in [0.2, 0.25) is 0 Å². The van der Waals surface area contributed by atoms with Crippen molar-refractivity contribution in [2.24, 2.45) is 0 Å². The lowest BCUT2D eigenvalue weighted by atomic mass is 10.0. The molecule has 0 saturated heterocycles. The molecule has 0 radical (unpaired) electrons. The zero-order valence-electron chi connectivity index (χ0n) is 24.0. The van der Waals surface area contributed by atoms with Crippen molar-refractivity contribution in [2.45, 2.75) is 161 Å². The van der Waals surface area contributed by atoms with E-state index in [2.05, 4.69) is 54.1 Å². The number of hydrogen-bond acceptors (Lipinski definition) is 3. The molecule has 4 heteroatoms. The number of alkyl halides is 1. The van der Waals surface area contributed by atoms with Crippen molar-refractivity contribution in [1.82, 2.24) is 0 Å². The fourth-order valence-corrected chi connectivity index (χ4v) is 4.56. The van der Waals surface area contributed by atoms with Crippen LogP contribution in [0.1, 0.15) is 155 Å². The maximum Gasteiger partial charge on any atom is 0.508 e. The van der Waals surface area contributed by atoms with E-state index in [-0.39, 0.29) is 6.10 Å². The van der Waals surface area contributed by atoms with Gasteiger partial charge in [0.25, 0.3) is 0 Å². The van der Waals surface area contributed by atoms with Gasteiger partial charge < -0.3 is 9.47 Å². The van der Waals surface area contributed by atoms with Crippen molar-refractivity contribution >= 4 is 22.1 Å². The van der Waals surface area contributed by atoms with E-state index < -0.39 is 6.16 Å². The Kier molecular flexibility index (Phi) is 29.8. The summed E-state index contributed by atoms with van der Waals surface area (Å²) in [5.74, 6) is 0. The number of hydrogen-bond donors (Lipinski definition) is 0. The zero-order valence-corrected chi connectivity index (χ0v) is 25.5. The molecule has 0 bridgehead atoms. The number of rotatable bonds is 27.